The molecule has 0 bridgehead atoms. The lowest BCUT2D eigenvalue weighted by atomic mass is 10.2. The van der Waals surface area contributed by atoms with Crippen LogP contribution in [-0.4, -0.2) is 30.4 Å². The lowest BCUT2D eigenvalue weighted by Gasteiger charge is -2.18. The predicted octanol–water partition coefficient (Wildman–Crippen LogP) is 2.48. The number of hydrogen-bond donors (Lipinski definition) is 1. The van der Waals surface area contributed by atoms with Crippen LogP contribution in [-0.2, 0) is 11.3 Å². The van der Waals surface area contributed by atoms with Gasteiger partial charge in [-0.2, -0.15) is 0 Å². The third kappa shape index (κ3) is 4.72. The average Bonchev–Trinajstić information content (AvgIpc) is 2.54. The van der Waals surface area contributed by atoms with Crippen molar-refractivity contribution in [1.82, 2.24) is 4.90 Å². The fraction of sp³-hybridized carbons (Fsp3) is 0.176. The highest BCUT2D eigenvalue weighted by atomic mass is 35.5. The Bertz CT molecular complexity index is 704. The van der Waals surface area contributed by atoms with Crippen molar-refractivity contribution in [3.05, 3.63) is 64.7 Å². The molecule has 0 heterocycles. The van der Waals surface area contributed by atoms with Gasteiger partial charge in [-0.15, -0.1) is 0 Å². The van der Waals surface area contributed by atoms with E-state index < -0.39 is 5.91 Å². The largest absolute Gasteiger partial charge is 0.482 e. The zero-order valence-corrected chi connectivity index (χ0v) is 13.4. The van der Waals surface area contributed by atoms with Gasteiger partial charge in [0.25, 0.3) is 5.91 Å². The topological polar surface area (TPSA) is 72.6 Å². The second kappa shape index (κ2) is 7.65. The van der Waals surface area contributed by atoms with E-state index in [1.165, 1.54) is 18.2 Å². The molecule has 0 aliphatic carbocycles. The van der Waals surface area contributed by atoms with E-state index in [1.807, 2.05) is 30.3 Å². The second-order valence-corrected chi connectivity index (χ2v) is 5.44. The van der Waals surface area contributed by atoms with Crippen LogP contribution in [0.5, 0.6) is 5.75 Å². The number of carbonyl (C=O) groups is 2. The molecule has 5 nitrogen and oxygen atoms in total. The fourth-order valence-electron chi connectivity index (χ4n) is 1.97. The first kappa shape index (κ1) is 16.8. The van der Waals surface area contributed by atoms with Crippen molar-refractivity contribution in [2.45, 2.75) is 6.54 Å². The first-order chi connectivity index (χ1) is 11.0. The van der Waals surface area contributed by atoms with Crippen molar-refractivity contribution < 1.29 is 14.3 Å². The van der Waals surface area contributed by atoms with Gasteiger partial charge in [0.1, 0.15) is 5.75 Å². The van der Waals surface area contributed by atoms with Crippen LogP contribution in [0.4, 0.5) is 0 Å². The molecule has 0 fully saturated rings. The number of primary amides is 1. The number of likely N-dealkylation sites (N-methyl/N-ethyl adjacent to an activating group) is 1. The Labute approximate surface area is 139 Å². The van der Waals surface area contributed by atoms with Crippen molar-refractivity contribution >= 4 is 23.4 Å². The number of halogens is 1. The Morgan fingerprint density at radius 2 is 1.87 bits per heavy atom. The molecular formula is C17H17ClN2O3. The van der Waals surface area contributed by atoms with Gasteiger partial charge in [0.2, 0.25) is 5.91 Å². The Kier molecular flexibility index (Phi) is 5.60. The van der Waals surface area contributed by atoms with E-state index in [1.54, 1.807) is 11.9 Å². The predicted molar refractivity (Wildman–Crippen MR) is 88.4 cm³/mol. The summed E-state index contributed by atoms with van der Waals surface area (Å²) in [7, 11) is 1.70. The molecule has 0 spiro atoms. The van der Waals surface area contributed by atoms with Gasteiger partial charge in [0.05, 0.1) is 5.02 Å². The molecule has 0 aromatic heterocycles. The van der Waals surface area contributed by atoms with Crippen molar-refractivity contribution in [3.8, 4) is 5.75 Å². The van der Waals surface area contributed by atoms with Gasteiger partial charge in [0.15, 0.2) is 6.61 Å². The van der Waals surface area contributed by atoms with Gasteiger partial charge >= 0.3 is 0 Å². The maximum atomic E-state index is 12.1. The van der Waals surface area contributed by atoms with Crippen LogP contribution in [0.25, 0.3) is 0 Å². The molecule has 2 N–H and O–H groups in total. The lowest BCUT2D eigenvalue weighted by Crippen LogP contribution is -2.31. The summed E-state index contributed by atoms with van der Waals surface area (Å²) in [5.74, 6) is -0.417. The highest BCUT2D eigenvalue weighted by molar-refractivity contribution is 6.32. The molecule has 0 radical (unpaired) electrons. The first-order valence-corrected chi connectivity index (χ1v) is 7.35. The Balaban J connectivity index is 1.92. The third-order valence-corrected chi connectivity index (χ3v) is 3.55. The smallest absolute Gasteiger partial charge is 0.260 e. The number of rotatable bonds is 6. The molecule has 0 aliphatic heterocycles. The monoisotopic (exact) mass is 332 g/mol. The summed E-state index contributed by atoms with van der Waals surface area (Å²) in [6.07, 6.45) is 0. The van der Waals surface area contributed by atoms with Gasteiger partial charge in [0, 0.05) is 19.2 Å². The molecule has 6 heteroatoms. The Morgan fingerprint density at radius 3 is 2.48 bits per heavy atom. The number of ether oxygens (including phenoxy) is 1. The summed E-state index contributed by atoms with van der Waals surface area (Å²) >= 11 is 6.01. The zero-order chi connectivity index (χ0) is 16.8. The number of hydrogen-bond acceptors (Lipinski definition) is 3. The van der Waals surface area contributed by atoms with Crippen LogP contribution in [0.15, 0.2) is 48.5 Å². The summed E-state index contributed by atoms with van der Waals surface area (Å²) in [6, 6.07) is 14.1. The van der Waals surface area contributed by atoms with E-state index in [0.29, 0.717) is 12.3 Å². The van der Waals surface area contributed by atoms with Crippen LogP contribution in [0, 0.1) is 0 Å². The SMILES string of the molecule is CN(Cc1ccccc1)C(=O)COc1ccc(C(N)=O)cc1Cl. The summed E-state index contributed by atoms with van der Waals surface area (Å²) in [4.78, 5) is 24.7. The van der Waals surface area contributed by atoms with Crippen molar-refractivity contribution in [2.24, 2.45) is 5.73 Å². The minimum atomic E-state index is -0.572. The maximum absolute atomic E-state index is 12.1. The van der Waals surface area contributed by atoms with Crippen molar-refractivity contribution in [3.63, 3.8) is 0 Å². The van der Waals surface area contributed by atoms with Gasteiger partial charge in [-0.1, -0.05) is 41.9 Å². The van der Waals surface area contributed by atoms with E-state index in [-0.39, 0.29) is 23.1 Å². The molecule has 0 atom stereocenters. The van der Waals surface area contributed by atoms with E-state index in [0.717, 1.165) is 5.56 Å². The molecule has 23 heavy (non-hydrogen) atoms. The Morgan fingerprint density at radius 1 is 1.17 bits per heavy atom. The van der Waals surface area contributed by atoms with Crippen LogP contribution in [0.3, 0.4) is 0 Å². The van der Waals surface area contributed by atoms with Crippen LogP contribution < -0.4 is 10.5 Å². The summed E-state index contributed by atoms with van der Waals surface area (Å²) < 4.78 is 5.42. The number of carbonyl (C=O) groups excluding carboxylic acids is 2. The van der Waals surface area contributed by atoms with Gasteiger partial charge < -0.3 is 15.4 Å². The standard InChI is InChI=1S/C17H17ClN2O3/c1-20(10-12-5-3-2-4-6-12)16(21)11-23-15-8-7-13(17(19)22)9-14(15)18/h2-9H,10-11H2,1H3,(H2,19,22). The van der Waals surface area contributed by atoms with Crippen LogP contribution >= 0.6 is 11.6 Å². The lowest BCUT2D eigenvalue weighted by molar-refractivity contribution is -0.132. The van der Waals surface area contributed by atoms with E-state index in [2.05, 4.69) is 0 Å². The first-order valence-electron chi connectivity index (χ1n) is 6.97. The number of amides is 2. The molecule has 0 aliphatic rings. The molecule has 2 aromatic carbocycles. The summed E-state index contributed by atoms with van der Waals surface area (Å²) in [6.45, 7) is 0.357. The van der Waals surface area contributed by atoms with Gasteiger partial charge in [-0.3, -0.25) is 9.59 Å². The number of nitrogens with two attached hydrogens (primary N) is 1. The maximum Gasteiger partial charge on any atom is 0.260 e. The third-order valence-electron chi connectivity index (χ3n) is 3.26. The molecule has 120 valence electrons. The van der Waals surface area contributed by atoms with Gasteiger partial charge in [-0.25, -0.2) is 0 Å². The summed E-state index contributed by atoms with van der Waals surface area (Å²) in [5.41, 5.74) is 6.49. The van der Waals surface area contributed by atoms with Crippen molar-refractivity contribution in [2.75, 3.05) is 13.7 Å². The quantitative estimate of drug-likeness (QED) is 0.883. The van der Waals surface area contributed by atoms with Crippen molar-refractivity contribution in [1.29, 1.82) is 0 Å². The number of nitrogens with zero attached hydrogens (tertiary/aromatic N) is 1. The average molecular weight is 333 g/mol. The fourth-order valence-corrected chi connectivity index (χ4v) is 2.20. The minimum Gasteiger partial charge on any atom is -0.482 e. The molecular weight excluding hydrogens is 316 g/mol. The molecule has 2 amide bonds. The molecule has 0 saturated carbocycles. The van der Waals surface area contributed by atoms with E-state index >= 15 is 0 Å². The number of benzene rings is 2. The molecule has 0 unspecified atom stereocenters. The van der Waals surface area contributed by atoms with Gasteiger partial charge in [-0.05, 0) is 23.8 Å². The Hall–Kier alpha value is -2.53. The van der Waals surface area contributed by atoms with E-state index in [4.69, 9.17) is 22.1 Å². The van der Waals surface area contributed by atoms with Crippen LogP contribution in [0.2, 0.25) is 5.02 Å². The normalized spacial score (nSPS) is 10.2. The zero-order valence-electron chi connectivity index (χ0n) is 12.7. The highest BCUT2D eigenvalue weighted by Gasteiger charge is 2.12. The van der Waals surface area contributed by atoms with Crippen LogP contribution in [0.1, 0.15) is 15.9 Å². The highest BCUT2D eigenvalue weighted by Crippen LogP contribution is 2.25. The summed E-state index contributed by atoms with van der Waals surface area (Å²) in [5, 5.41) is 0.236. The molecule has 0 saturated heterocycles. The molecule has 2 aromatic rings. The molecule has 2 rings (SSSR count). The minimum absolute atomic E-state index is 0.140. The van der Waals surface area contributed by atoms with E-state index in [9.17, 15) is 9.59 Å². The second-order valence-electron chi connectivity index (χ2n) is 5.03.